The minimum atomic E-state index is -0.347. The molecule has 0 aromatic heterocycles. The standard InChI is InChI=1S/C6H11NO2/c1-3-5(4-7)6(8)9-2/h4H,3,7H2,1-2H3. The van der Waals surface area contributed by atoms with Gasteiger partial charge in [0, 0.05) is 6.20 Å². The zero-order valence-corrected chi connectivity index (χ0v) is 5.68. The lowest BCUT2D eigenvalue weighted by molar-refractivity contribution is -0.136. The summed E-state index contributed by atoms with van der Waals surface area (Å²) in [6, 6.07) is 0. The maximum Gasteiger partial charge on any atom is 0.335 e. The molecular weight excluding hydrogens is 118 g/mol. The molecule has 0 aromatic carbocycles. The van der Waals surface area contributed by atoms with E-state index in [1.54, 1.807) is 0 Å². The molecule has 0 aliphatic carbocycles. The molecule has 0 heterocycles. The Morgan fingerprint density at radius 2 is 2.33 bits per heavy atom. The summed E-state index contributed by atoms with van der Waals surface area (Å²) in [6.45, 7) is 1.84. The van der Waals surface area contributed by atoms with E-state index in [1.807, 2.05) is 6.92 Å². The third-order valence-corrected chi connectivity index (χ3v) is 1.03. The molecule has 0 aromatic rings. The van der Waals surface area contributed by atoms with Gasteiger partial charge in [0.2, 0.25) is 0 Å². The largest absolute Gasteiger partial charge is 0.466 e. The van der Waals surface area contributed by atoms with Crippen LogP contribution in [0.1, 0.15) is 13.3 Å². The number of methoxy groups -OCH3 is 1. The van der Waals surface area contributed by atoms with Gasteiger partial charge in [-0.3, -0.25) is 0 Å². The fourth-order valence-electron chi connectivity index (χ4n) is 0.461. The second-order valence-corrected chi connectivity index (χ2v) is 1.54. The summed E-state index contributed by atoms with van der Waals surface area (Å²) in [5.41, 5.74) is 5.61. The minimum absolute atomic E-state index is 0.347. The van der Waals surface area contributed by atoms with Gasteiger partial charge >= 0.3 is 5.97 Å². The lowest BCUT2D eigenvalue weighted by atomic mass is 10.2. The zero-order chi connectivity index (χ0) is 7.28. The molecule has 0 aliphatic heterocycles. The monoisotopic (exact) mass is 129 g/mol. The van der Waals surface area contributed by atoms with Crippen molar-refractivity contribution < 1.29 is 9.53 Å². The zero-order valence-electron chi connectivity index (χ0n) is 5.68. The van der Waals surface area contributed by atoms with E-state index in [1.165, 1.54) is 13.3 Å². The number of carbonyl (C=O) groups excluding carboxylic acids is 1. The topological polar surface area (TPSA) is 52.3 Å². The van der Waals surface area contributed by atoms with Gasteiger partial charge in [0.15, 0.2) is 0 Å². The van der Waals surface area contributed by atoms with Gasteiger partial charge in [-0.05, 0) is 6.42 Å². The average Bonchev–Trinajstić information content (AvgIpc) is 1.90. The lowest BCUT2D eigenvalue weighted by Gasteiger charge is -1.97. The molecule has 0 fully saturated rings. The van der Waals surface area contributed by atoms with Crippen molar-refractivity contribution in [1.29, 1.82) is 0 Å². The minimum Gasteiger partial charge on any atom is -0.466 e. The Morgan fingerprint density at radius 3 is 2.44 bits per heavy atom. The normalized spacial score (nSPS) is 11.1. The van der Waals surface area contributed by atoms with E-state index >= 15 is 0 Å². The molecule has 3 nitrogen and oxygen atoms in total. The van der Waals surface area contributed by atoms with Gasteiger partial charge in [0.05, 0.1) is 12.7 Å². The maximum atomic E-state index is 10.6. The van der Waals surface area contributed by atoms with Gasteiger partial charge < -0.3 is 10.5 Å². The number of hydrogen-bond donors (Lipinski definition) is 1. The van der Waals surface area contributed by atoms with E-state index in [4.69, 9.17) is 5.73 Å². The highest BCUT2D eigenvalue weighted by atomic mass is 16.5. The van der Waals surface area contributed by atoms with Crippen LogP contribution in [0.15, 0.2) is 11.8 Å². The molecule has 0 saturated heterocycles. The maximum absolute atomic E-state index is 10.6. The first kappa shape index (κ1) is 8.01. The van der Waals surface area contributed by atoms with E-state index in [9.17, 15) is 4.79 Å². The van der Waals surface area contributed by atoms with E-state index in [0.717, 1.165) is 0 Å². The van der Waals surface area contributed by atoms with Crippen molar-refractivity contribution >= 4 is 5.97 Å². The summed E-state index contributed by atoms with van der Waals surface area (Å²) in [7, 11) is 1.33. The van der Waals surface area contributed by atoms with E-state index in [2.05, 4.69) is 4.74 Å². The highest BCUT2D eigenvalue weighted by molar-refractivity contribution is 5.87. The van der Waals surface area contributed by atoms with Crippen LogP contribution in [-0.4, -0.2) is 13.1 Å². The summed E-state index contributed by atoms with van der Waals surface area (Å²) in [5, 5.41) is 0. The van der Waals surface area contributed by atoms with Crippen LogP contribution in [0, 0.1) is 0 Å². The Bertz CT molecular complexity index is 129. The van der Waals surface area contributed by atoms with Crippen molar-refractivity contribution in [3.8, 4) is 0 Å². The van der Waals surface area contributed by atoms with Crippen molar-refractivity contribution in [3.05, 3.63) is 11.8 Å². The summed E-state index contributed by atoms with van der Waals surface area (Å²) in [6.07, 6.45) is 1.88. The van der Waals surface area contributed by atoms with Crippen LogP contribution in [0.4, 0.5) is 0 Å². The first-order valence-electron chi connectivity index (χ1n) is 2.75. The number of nitrogens with two attached hydrogens (primary N) is 1. The van der Waals surface area contributed by atoms with Crippen molar-refractivity contribution in [2.75, 3.05) is 7.11 Å². The molecule has 3 heteroatoms. The molecule has 9 heavy (non-hydrogen) atoms. The molecule has 0 amide bonds. The van der Waals surface area contributed by atoms with Crippen LogP contribution in [0.5, 0.6) is 0 Å². The van der Waals surface area contributed by atoms with Crippen LogP contribution < -0.4 is 5.73 Å². The van der Waals surface area contributed by atoms with E-state index < -0.39 is 0 Å². The first-order chi connectivity index (χ1) is 4.26. The summed E-state index contributed by atoms with van der Waals surface area (Å²) in [4.78, 5) is 10.6. The van der Waals surface area contributed by atoms with Crippen molar-refractivity contribution in [1.82, 2.24) is 0 Å². The molecule has 0 aliphatic rings. The summed E-state index contributed by atoms with van der Waals surface area (Å²) in [5.74, 6) is -0.347. The Kier molecular flexibility index (Phi) is 3.51. The molecule has 0 atom stereocenters. The van der Waals surface area contributed by atoms with E-state index in [0.29, 0.717) is 12.0 Å². The van der Waals surface area contributed by atoms with Gasteiger partial charge in [-0.1, -0.05) is 6.92 Å². The van der Waals surface area contributed by atoms with Crippen molar-refractivity contribution in [3.63, 3.8) is 0 Å². The highest BCUT2D eigenvalue weighted by Gasteiger charge is 2.03. The second kappa shape index (κ2) is 3.95. The van der Waals surface area contributed by atoms with Gasteiger partial charge in [-0.15, -0.1) is 0 Å². The van der Waals surface area contributed by atoms with Gasteiger partial charge in [-0.25, -0.2) is 4.79 Å². The fourth-order valence-corrected chi connectivity index (χ4v) is 0.461. The number of ether oxygens (including phenoxy) is 1. The Labute approximate surface area is 54.5 Å². The predicted octanol–water partition coefficient (Wildman–Crippen LogP) is 0.412. The van der Waals surface area contributed by atoms with Gasteiger partial charge in [0.25, 0.3) is 0 Å². The molecule has 0 saturated carbocycles. The van der Waals surface area contributed by atoms with Crippen LogP contribution in [0.3, 0.4) is 0 Å². The summed E-state index contributed by atoms with van der Waals surface area (Å²) < 4.78 is 4.41. The molecule has 0 unspecified atom stereocenters. The van der Waals surface area contributed by atoms with Crippen LogP contribution >= 0.6 is 0 Å². The van der Waals surface area contributed by atoms with Crippen molar-refractivity contribution in [2.24, 2.45) is 5.73 Å². The molecule has 0 bridgehead atoms. The smallest absolute Gasteiger partial charge is 0.335 e. The first-order valence-corrected chi connectivity index (χ1v) is 2.75. The number of hydrogen-bond acceptors (Lipinski definition) is 3. The Hall–Kier alpha value is -0.990. The average molecular weight is 129 g/mol. The lowest BCUT2D eigenvalue weighted by Crippen LogP contribution is -2.05. The second-order valence-electron chi connectivity index (χ2n) is 1.54. The van der Waals surface area contributed by atoms with E-state index in [-0.39, 0.29) is 5.97 Å². The fraction of sp³-hybridized carbons (Fsp3) is 0.500. The van der Waals surface area contributed by atoms with Gasteiger partial charge in [0.1, 0.15) is 0 Å². The third kappa shape index (κ3) is 2.17. The SMILES string of the molecule is CCC(=CN)C(=O)OC. The van der Waals surface area contributed by atoms with Crippen LogP contribution in [-0.2, 0) is 9.53 Å². The van der Waals surface area contributed by atoms with Crippen molar-refractivity contribution in [2.45, 2.75) is 13.3 Å². The molecule has 0 spiro atoms. The highest BCUT2D eigenvalue weighted by Crippen LogP contribution is 1.98. The predicted molar refractivity (Wildman–Crippen MR) is 34.6 cm³/mol. The molecule has 0 rings (SSSR count). The summed E-state index contributed by atoms with van der Waals surface area (Å²) >= 11 is 0. The number of rotatable bonds is 2. The van der Waals surface area contributed by atoms with Gasteiger partial charge in [-0.2, -0.15) is 0 Å². The number of carbonyl (C=O) groups is 1. The van der Waals surface area contributed by atoms with Crippen LogP contribution in [0.2, 0.25) is 0 Å². The number of esters is 1. The quantitative estimate of drug-likeness (QED) is 0.434. The third-order valence-electron chi connectivity index (χ3n) is 1.03. The molecule has 2 N–H and O–H groups in total. The molecule has 0 radical (unpaired) electrons. The Balaban J connectivity index is 3.97. The molecular formula is C6H11NO2. The molecule has 52 valence electrons. The Morgan fingerprint density at radius 1 is 1.78 bits per heavy atom. The van der Waals surface area contributed by atoms with Crippen LogP contribution in [0.25, 0.3) is 0 Å².